The minimum atomic E-state index is -0.801. The number of phenolic OH excluding ortho intramolecular Hbond substituents is 2. The molecule has 0 aromatic heterocycles. The van der Waals surface area contributed by atoms with E-state index in [1.165, 1.54) is 25.5 Å². The zero-order chi connectivity index (χ0) is 16.1. The number of aromatic hydroxyl groups is 2. The molecular weight excluding hydrogens is 282 g/mol. The van der Waals surface area contributed by atoms with Gasteiger partial charge in [-0.1, -0.05) is 18.2 Å². The van der Waals surface area contributed by atoms with Crippen molar-refractivity contribution in [2.75, 3.05) is 7.11 Å². The van der Waals surface area contributed by atoms with Crippen molar-refractivity contribution in [3.8, 4) is 17.2 Å². The van der Waals surface area contributed by atoms with Gasteiger partial charge in [0.25, 0.3) is 0 Å². The maximum Gasteiger partial charge on any atom is 0.166 e. The summed E-state index contributed by atoms with van der Waals surface area (Å²) < 4.78 is 5.04. The third-order valence-corrected chi connectivity index (χ3v) is 3.39. The Hall–Kier alpha value is -2.53. The van der Waals surface area contributed by atoms with Crippen molar-refractivity contribution in [3.63, 3.8) is 0 Å². The van der Waals surface area contributed by atoms with E-state index >= 15 is 0 Å². The van der Waals surface area contributed by atoms with Crippen LogP contribution < -0.4 is 4.74 Å². The van der Waals surface area contributed by atoms with Gasteiger partial charge >= 0.3 is 0 Å². The Morgan fingerprint density at radius 3 is 2.41 bits per heavy atom. The molecule has 0 aliphatic rings. The van der Waals surface area contributed by atoms with E-state index in [0.29, 0.717) is 16.9 Å². The number of aliphatic imine (C=N–C) groups is 1. The van der Waals surface area contributed by atoms with Gasteiger partial charge in [0.15, 0.2) is 11.5 Å². The van der Waals surface area contributed by atoms with Gasteiger partial charge in [0.1, 0.15) is 11.9 Å². The first kappa shape index (κ1) is 15.9. The first-order chi connectivity index (χ1) is 10.5. The number of aliphatic hydroxyl groups excluding tert-OH is 1. The summed E-state index contributed by atoms with van der Waals surface area (Å²) in [6, 6.07) is 11.0. The van der Waals surface area contributed by atoms with Gasteiger partial charge in [-0.25, -0.2) is 0 Å². The van der Waals surface area contributed by atoms with Crippen LogP contribution in [-0.4, -0.2) is 34.7 Å². The highest BCUT2D eigenvalue weighted by molar-refractivity contribution is 5.84. The maximum absolute atomic E-state index is 10.2. The second-order valence-electron chi connectivity index (χ2n) is 4.95. The highest BCUT2D eigenvalue weighted by Gasteiger charge is 2.15. The van der Waals surface area contributed by atoms with E-state index in [-0.39, 0.29) is 11.5 Å². The van der Waals surface area contributed by atoms with Crippen LogP contribution in [0.5, 0.6) is 17.2 Å². The summed E-state index contributed by atoms with van der Waals surface area (Å²) >= 11 is 0. The van der Waals surface area contributed by atoms with Crippen LogP contribution in [0.2, 0.25) is 0 Å². The van der Waals surface area contributed by atoms with E-state index in [9.17, 15) is 15.3 Å². The summed E-state index contributed by atoms with van der Waals surface area (Å²) in [5.41, 5.74) is 1.18. The summed E-state index contributed by atoms with van der Waals surface area (Å²) in [6.45, 7) is 1.77. The summed E-state index contributed by atoms with van der Waals surface area (Å²) in [7, 11) is 1.48. The third kappa shape index (κ3) is 3.56. The lowest BCUT2D eigenvalue weighted by Gasteiger charge is -2.15. The second-order valence-corrected chi connectivity index (χ2v) is 4.95. The van der Waals surface area contributed by atoms with Crippen LogP contribution in [0.4, 0.5) is 0 Å². The summed E-state index contributed by atoms with van der Waals surface area (Å²) in [6.07, 6.45) is 0.705. The van der Waals surface area contributed by atoms with E-state index in [4.69, 9.17) is 4.74 Å². The maximum atomic E-state index is 10.2. The van der Waals surface area contributed by atoms with Gasteiger partial charge in [0, 0.05) is 11.8 Å². The molecule has 0 heterocycles. The highest BCUT2D eigenvalue weighted by Crippen LogP contribution is 2.28. The van der Waals surface area contributed by atoms with Crippen molar-refractivity contribution in [2.45, 2.75) is 19.1 Å². The minimum absolute atomic E-state index is 0.0140. The predicted octanol–water partition coefficient (Wildman–Crippen LogP) is 2.65. The number of hydrogen-bond acceptors (Lipinski definition) is 5. The number of ether oxygens (including phenoxy) is 1. The number of nitrogens with zero attached hydrogens (tertiary/aromatic N) is 1. The van der Waals surface area contributed by atoms with E-state index in [1.807, 2.05) is 0 Å². The van der Waals surface area contributed by atoms with E-state index < -0.39 is 12.1 Å². The molecule has 0 aliphatic carbocycles. The Morgan fingerprint density at radius 2 is 1.77 bits per heavy atom. The number of benzene rings is 2. The molecule has 0 saturated heterocycles. The predicted molar refractivity (Wildman–Crippen MR) is 84.8 cm³/mol. The zero-order valence-electron chi connectivity index (χ0n) is 12.5. The number of methoxy groups -OCH3 is 1. The summed E-state index contributed by atoms with van der Waals surface area (Å²) in [4.78, 5) is 4.28. The van der Waals surface area contributed by atoms with Crippen LogP contribution >= 0.6 is 0 Å². The largest absolute Gasteiger partial charge is 0.508 e. The monoisotopic (exact) mass is 301 g/mol. The van der Waals surface area contributed by atoms with Crippen molar-refractivity contribution in [3.05, 3.63) is 53.6 Å². The topological polar surface area (TPSA) is 82.3 Å². The Bertz CT molecular complexity index is 652. The lowest BCUT2D eigenvalue weighted by Crippen LogP contribution is -2.12. The molecule has 2 aromatic rings. The van der Waals surface area contributed by atoms with E-state index in [0.717, 1.165) is 0 Å². The molecular formula is C17H19NO4. The second kappa shape index (κ2) is 6.95. The van der Waals surface area contributed by atoms with Gasteiger partial charge in [0.05, 0.1) is 13.2 Å². The fraction of sp³-hybridized carbons (Fsp3) is 0.235. The van der Waals surface area contributed by atoms with E-state index in [1.54, 1.807) is 37.3 Å². The average molecular weight is 301 g/mol. The lowest BCUT2D eigenvalue weighted by molar-refractivity contribution is 0.154. The fourth-order valence-corrected chi connectivity index (χ4v) is 2.04. The molecule has 0 spiro atoms. The van der Waals surface area contributed by atoms with Gasteiger partial charge in [-0.3, -0.25) is 4.99 Å². The van der Waals surface area contributed by atoms with Gasteiger partial charge in [0.2, 0.25) is 0 Å². The van der Waals surface area contributed by atoms with Crippen molar-refractivity contribution in [2.24, 2.45) is 4.99 Å². The number of para-hydroxylation sites is 1. The molecule has 2 atom stereocenters. The van der Waals surface area contributed by atoms with E-state index in [2.05, 4.69) is 4.99 Å². The average Bonchev–Trinajstić information content (AvgIpc) is 2.53. The standard InChI is InChI=1S/C17H19NO4/c1-11(16(20)12-6-8-14(19)9-7-12)18-10-13-4-3-5-15(22-2)17(13)21/h3-11,16,19-21H,1-2H3/t11-,16+/m0/s1. The SMILES string of the molecule is COc1cccc(C=N[C@@H](C)[C@@H](O)c2ccc(O)cc2)c1O. The van der Waals surface area contributed by atoms with Crippen LogP contribution in [0.15, 0.2) is 47.5 Å². The molecule has 2 aromatic carbocycles. The molecule has 2 rings (SSSR count). The molecule has 22 heavy (non-hydrogen) atoms. The quantitative estimate of drug-likeness (QED) is 0.741. The molecule has 0 aliphatic heterocycles. The van der Waals surface area contributed by atoms with Crippen LogP contribution in [0.1, 0.15) is 24.2 Å². The highest BCUT2D eigenvalue weighted by atomic mass is 16.5. The minimum Gasteiger partial charge on any atom is -0.508 e. The van der Waals surface area contributed by atoms with Crippen LogP contribution in [-0.2, 0) is 0 Å². The van der Waals surface area contributed by atoms with Gasteiger partial charge in [-0.15, -0.1) is 0 Å². The van der Waals surface area contributed by atoms with Crippen molar-refractivity contribution in [1.29, 1.82) is 0 Å². The molecule has 3 N–H and O–H groups in total. The Labute approximate surface area is 129 Å². The van der Waals surface area contributed by atoms with Gasteiger partial charge in [-0.05, 0) is 36.8 Å². The molecule has 116 valence electrons. The Balaban J connectivity index is 2.14. The fourth-order valence-electron chi connectivity index (χ4n) is 2.04. The third-order valence-electron chi connectivity index (χ3n) is 3.39. The molecule has 0 fully saturated rings. The normalized spacial score (nSPS) is 14.0. The Morgan fingerprint density at radius 1 is 1.09 bits per heavy atom. The van der Waals surface area contributed by atoms with Crippen molar-refractivity contribution in [1.82, 2.24) is 0 Å². The first-order valence-corrected chi connectivity index (χ1v) is 6.89. The summed E-state index contributed by atoms with van der Waals surface area (Å²) in [5, 5.41) is 29.5. The molecule has 0 saturated carbocycles. The van der Waals surface area contributed by atoms with Crippen LogP contribution in [0.25, 0.3) is 0 Å². The number of hydrogen-bond donors (Lipinski definition) is 3. The summed E-state index contributed by atoms with van der Waals surface area (Å²) in [5.74, 6) is 0.532. The van der Waals surface area contributed by atoms with Crippen LogP contribution in [0, 0.1) is 0 Å². The molecule has 5 nitrogen and oxygen atoms in total. The number of rotatable bonds is 5. The number of phenols is 2. The van der Waals surface area contributed by atoms with Gasteiger partial charge in [-0.2, -0.15) is 0 Å². The zero-order valence-corrected chi connectivity index (χ0v) is 12.5. The van der Waals surface area contributed by atoms with Gasteiger partial charge < -0.3 is 20.1 Å². The molecule has 0 radical (unpaired) electrons. The number of aliphatic hydroxyl groups is 1. The van der Waals surface area contributed by atoms with Crippen LogP contribution in [0.3, 0.4) is 0 Å². The molecule has 0 bridgehead atoms. The molecule has 0 amide bonds. The molecule has 0 unspecified atom stereocenters. The lowest BCUT2D eigenvalue weighted by atomic mass is 10.0. The van der Waals surface area contributed by atoms with Crippen molar-refractivity contribution >= 4 is 6.21 Å². The smallest absolute Gasteiger partial charge is 0.166 e. The Kier molecular flexibility index (Phi) is 5.01. The first-order valence-electron chi connectivity index (χ1n) is 6.89. The van der Waals surface area contributed by atoms with Crippen molar-refractivity contribution < 1.29 is 20.1 Å². The molecule has 5 heteroatoms.